The summed E-state index contributed by atoms with van der Waals surface area (Å²) in [6.07, 6.45) is 0.277. The van der Waals surface area contributed by atoms with Gasteiger partial charge < -0.3 is 26.8 Å². The van der Waals surface area contributed by atoms with Crippen molar-refractivity contribution in [2.45, 2.75) is 79.1 Å². The number of nitrogens with two attached hydrogens (primary N) is 1. The molecule has 0 aromatic heterocycles. The number of carboxylic acids is 1. The molecular formula is C19H36N4O5. The minimum absolute atomic E-state index is 0.0762. The molecule has 0 saturated heterocycles. The maximum Gasteiger partial charge on any atom is 0.326 e. The molecule has 9 nitrogen and oxygen atoms in total. The molecule has 0 rings (SSSR count). The van der Waals surface area contributed by atoms with Crippen LogP contribution in [0, 0.1) is 17.8 Å². The zero-order chi connectivity index (χ0) is 22.2. The number of amides is 3. The highest BCUT2D eigenvalue weighted by Gasteiger charge is 2.32. The van der Waals surface area contributed by atoms with Gasteiger partial charge >= 0.3 is 5.97 Å². The van der Waals surface area contributed by atoms with E-state index in [0.717, 1.165) is 0 Å². The third-order valence-electron chi connectivity index (χ3n) is 4.23. The number of hydrogen-bond acceptors (Lipinski definition) is 5. The minimum Gasteiger partial charge on any atom is -0.480 e. The van der Waals surface area contributed by atoms with Crippen molar-refractivity contribution in [1.82, 2.24) is 16.0 Å². The molecule has 0 aliphatic heterocycles. The summed E-state index contributed by atoms with van der Waals surface area (Å²) in [6, 6.07) is -3.61. The molecular weight excluding hydrogens is 364 g/mol. The Morgan fingerprint density at radius 2 is 1.14 bits per heavy atom. The largest absolute Gasteiger partial charge is 0.480 e. The van der Waals surface area contributed by atoms with Crippen LogP contribution in [0.25, 0.3) is 0 Å². The second kappa shape index (κ2) is 11.6. The molecule has 0 spiro atoms. The molecule has 0 heterocycles. The highest BCUT2D eigenvalue weighted by atomic mass is 16.4. The first-order valence-electron chi connectivity index (χ1n) is 9.67. The fraction of sp³-hybridized carbons (Fsp3) is 0.789. The molecule has 0 bridgehead atoms. The summed E-state index contributed by atoms with van der Waals surface area (Å²) >= 11 is 0. The van der Waals surface area contributed by atoms with Crippen molar-refractivity contribution in [2.75, 3.05) is 0 Å². The lowest BCUT2D eigenvalue weighted by atomic mass is 9.98. The van der Waals surface area contributed by atoms with Crippen LogP contribution in [-0.4, -0.2) is 53.0 Å². The van der Waals surface area contributed by atoms with Gasteiger partial charge in [0.25, 0.3) is 0 Å². The first-order valence-corrected chi connectivity index (χ1v) is 9.67. The van der Waals surface area contributed by atoms with Crippen LogP contribution >= 0.6 is 0 Å². The van der Waals surface area contributed by atoms with Gasteiger partial charge in [0.15, 0.2) is 0 Å². The van der Waals surface area contributed by atoms with Crippen molar-refractivity contribution >= 4 is 23.7 Å². The molecule has 0 radical (unpaired) electrons. The van der Waals surface area contributed by atoms with E-state index in [1.54, 1.807) is 27.7 Å². The van der Waals surface area contributed by atoms with Gasteiger partial charge in [-0.15, -0.1) is 0 Å². The maximum absolute atomic E-state index is 12.7. The Morgan fingerprint density at radius 3 is 1.46 bits per heavy atom. The van der Waals surface area contributed by atoms with Crippen LogP contribution in [0.4, 0.5) is 0 Å². The van der Waals surface area contributed by atoms with Gasteiger partial charge in [0.05, 0.1) is 6.04 Å². The summed E-state index contributed by atoms with van der Waals surface area (Å²) in [7, 11) is 0. The number of aliphatic carboxylic acids is 1. The highest BCUT2D eigenvalue weighted by molar-refractivity contribution is 5.94. The summed E-state index contributed by atoms with van der Waals surface area (Å²) in [5, 5.41) is 17.0. The summed E-state index contributed by atoms with van der Waals surface area (Å²) in [5.41, 5.74) is 5.54. The lowest BCUT2D eigenvalue weighted by Gasteiger charge is -2.28. The van der Waals surface area contributed by atoms with Crippen LogP contribution in [0.5, 0.6) is 0 Å². The summed E-state index contributed by atoms with van der Waals surface area (Å²) in [4.78, 5) is 48.6. The van der Waals surface area contributed by atoms with E-state index in [4.69, 9.17) is 5.73 Å². The summed E-state index contributed by atoms with van der Waals surface area (Å²) in [5.74, 6) is -3.12. The van der Waals surface area contributed by atoms with Gasteiger partial charge in [0, 0.05) is 0 Å². The monoisotopic (exact) mass is 400 g/mol. The Balaban J connectivity index is 5.30. The van der Waals surface area contributed by atoms with Gasteiger partial charge in [0.1, 0.15) is 18.1 Å². The van der Waals surface area contributed by atoms with E-state index in [1.165, 1.54) is 6.92 Å². The molecule has 0 aliphatic carbocycles. The molecule has 4 atom stereocenters. The van der Waals surface area contributed by atoms with Crippen molar-refractivity contribution in [2.24, 2.45) is 23.5 Å². The standard InChI is InChI=1S/C19H36N4O5/c1-9(2)8-13(19(27)28)21-17(25)14(10(3)4)23-18(26)15(11(5)6)22-16(24)12(7)20/h9-15H,8,20H2,1-7H3,(H,21,25)(H,22,24)(H,23,26)(H,27,28). The zero-order valence-electron chi connectivity index (χ0n) is 17.9. The van der Waals surface area contributed by atoms with Crippen LogP contribution < -0.4 is 21.7 Å². The van der Waals surface area contributed by atoms with Crippen molar-refractivity contribution in [3.05, 3.63) is 0 Å². The maximum atomic E-state index is 12.7. The average Bonchev–Trinajstić information content (AvgIpc) is 2.54. The second-order valence-electron chi connectivity index (χ2n) is 8.28. The Kier molecular flexibility index (Phi) is 10.7. The third kappa shape index (κ3) is 8.69. The molecule has 3 amide bonds. The first kappa shape index (κ1) is 25.8. The van der Waals surface area contributed by atoms with E-state index in [-0.39, 0.29) is 24.2 Å². The highest BCUT2D eigenvalue weighted by Crippen LogP contribution is 2.09. The predicted molar refractivity (Wildman–Crippen MR) is 106 cm³/mol. The molecule has 0 aromatic carbocycles. The number of nitrogens with one attached hydrogen (secondary N) is 3. The molecule has 0 aliphatic rings. The Hall–Kier alpha value is -2.16. The normalized spacial score (nSPS) is 15.7. The van der Waals surface area contributed by atoms with E-state index in [2.05, 4.69) is 16.0 Å². The number of rotatable bonds is 11. The van der Waals surface area contributed by atoms with Crippen LogP contribution in [0.3, 0.4) is 0 Å². The predicted octanol–water partition coefficient (Wildman–Crippen LogP) is 0.231. The van der Waals surface area contributed by atoms with E-state index >= 15 is 0 Å². The van der Waals surface area contributed by atoms with E-state index in [9.17, 15) is 24.3 Å². The number of hydrogen-bond donors (Lipinski definition) is 5. The quantitative estimate of drug-likeness (QED) is 0.335. The van der Waals surface area contributed by atoms with Crippen molar-refractivity contribution in [3.63, 3.8) is 0 Å². The van der Waals surface area contributed by atoms with E-state index in [1.807, 2.05) is 13.8 Å². The Bertz CT molecular complexity index is 561. The topological polar surface area (TPSA) is 151 Å². The fourth-order valence-corrected chi connectivity index (χ4v) is 2.55. The van der Waals surface area contributed by atoms with E-state index < -0.39 is 47.9 Å². The molecule has 0 aromatic rings. The van der Waals surface area contributed by atoms with Gasteiger partial charge in [0.2, 0.25) is 17.7 Å². The van der Waals surface area contributed by atoms with Gasteiger partial charge in [-0.2, -0.15) is 0 Å². The second-order valence-corrected chi connectivity index (χ2v) is 8.28. The zero-order valence-corrected chi connectivity index (χ0v) is 17.9. The van der Waals surface area contributed by atoms with Crippen molar-refractivity contribution in [3.8, 4) is 0 Å². The molecule has 28 heavy (non-hydrogen) atoms. The number of carbonyl (C=O) groups is 4. The van der Waals surface area contributed by atoms with Gasteiger partial charge in [-0.05, 0) is 31.1 Å². The number of carbonyl (C=O) groups excluding carboxylic acids is 3. The first-order chi connectivity index (χ1) is 12.8. The fourth-order valence-electron chi connectivity index (χ4n) is 2.55. The molecule has 6 N–H and O–H groups in total. The summed E-state index contributed by atoms with van der Waals surface area (Å²) in [6.45, 7) is 12.2. The lowest BCUT2D eigenvalue weighted by molar-refractivity contribution is -0.143. The van der Waals surface area contributed by atoms with Crippen LogP contribution in [0.1, 0.15) is 54.9 Å². The average molecular weight is 401 g/mol. The lowest BCUT2D eigenvalue weighted by Crippen LogP contribution is -2.59. The SMILES string of the molecule is CC(C)CC(NC(=O)C(NC(=O)C(NC(=O)C(C)N)C(C)C)C(C)C)C(=O)O. The smallest absolute Gasteiger partial charge is 0.326 e. The van der Waals surface area contributed by atoms with Crippen LogP contribution in [-0.2, 0) is 19.2 Å². The molecule has 0 saturated carbocycles. The third-order valence-corrected chi connectivity index (χ3v) is 4.23. The van der Waals surface area contributed by atoms with Gasteiger partial charge in [-0.3, -0.25) is 14.4 Å². The van der Waals surface area contributed by atoms with Crippen LogP contribution in [0.15, 0.2) is 0 Å². The molecule has 9 heteroatoms. The molecule has 0 fully saturated rings. The number of carboxylic acid groups (broad SMARTS) is 1. The Morgan fingerprint density at radius 1 is 0.750 bits per heavy atom. The molecule has 162 valence electrons. The Labute approximate surface area is 167 Å². The van der Waals surface area contributed by atoms with Gasteiger partial charge in [-0.1, -0.05) is 41.5 Å². The summed E-state index contributed by atoms with van der Waals surface area (Å²) < 4.78 is 0. The van der Waals surface area contributed by atoms with Crippen molar-refractivity contribution in [1.29, 1.82) is 0 Å². The minimum atomic E-state index is -1.12. The molecule has 4 unspecified atom stereocenters. The van der Waals surface area contributed by atoms with E-state index in [0.29, 0.717) is 0 Å². The van der Waals surface area contributed by atoms with Gasteiger partial charge in [-0.25, -0.2) is 4.79 Å². The van der Waals surface area contributed by atoms with Crippen LogP contribution in [0.2, 0.25) is 0 Å². The van der Waals surface area contributed by atoms with Crippen molar-refractivity contribution < 1.29 is 24.3 Å².